The summed E-state index contributed by atoms with van der Waals surface area (Å²) in [6.07, 6.45) is 0. The van der Waals surface area contributed by atoms with E-state index < -0.39 is 0 Å². The highest BCUT2D eigenvalue weighted by Gasteiger charge is 2.25. The molecule has 0 amide bonds. The first-order valence-corrected chi connectivity index (χ1v) is 5.68. The molecule has 1 aromatic carbocycles. The van der Waals surface area contributed by atoms with E-state index in [0.29, 0.717) is 6.04 Å². The SMILES string of the molecule is CNC1CN(Cc2nc3ccccc3[nH]2)C1. The second kappa shape index (κ2) is 3.88. The number of para-hydroxylation sites is 2. The quantitative estimate of drug-likeness (QED) is 0.803. The maximum atomic E-state index is 4.57. The number of likely N-dealkylation sites (tertiary alicyclic amines) is 1. The summed E-state index contributed by atoms with van der Waals surface area (Å²) in [6.45, 7) is 3.16. The van der Waals surface area contributed by atoms with Crippen LogP contribution >= 0.6 is 0 Å². The van der Waals surface area contributed by atoms with Gasteiger partial charge in [0.1, 0.15) is 5.82 Å². The molecular weight excluding hydrogens is 200 g/mol. The van der Waals surface area contributed by atoms with Crippen LogP contribution in [0.1, 0.15) is 5.82 Å². The van der Waals surface area contributed by atoms with E-state index in [9.17, 15) is 0 Å². The van der Waals surface area contributed by atoms with E-state index in [-0.39, 0.29) is 0 Å². The average molecular weight is 216 g/mol. The van der Waals surface area contributed by atoms with Gasteiger partial charge in [0.25, 0.3) is 0 Å². The van der Waals surface area contributed by atoms with Crippen LogP contribution in [0.2, 0.25) is 0 Å². The fraction of sp³-hybridized carbons (Fsp3) is 0.417. The lowest BCUT2D eigenvalue weighted by molar-refractivity contribution is 0.121. The van der Waals surface area contributed by atoms with Crippen LogP contribution in [0.4, 0.5) is 0 Å². The summed E-state index contributed by atoms with van der Waals surface area (Å²) in [5, 5.41) is 3.27. The molecule has 1 aliphatic heterocycles. The van der Waals surface area contributed by atoms with Crippen LogP contribution in [0, 0.1) is 0 Å². The van der Waals surface area contributed by atoms with Crippen molar-refractivity contribution in [2.45, 2.75) is 12.6 Å². The number of nitrogens with zero attached hydrogens (tertiary/aromatic N) is 2. The zero-order valence-corrected chi connectivity index (χ0v) is 9.40. The first kappa shape index (κ1) is 9.81. The smallest absolute Gasteiger partial charge is 0.121 e. The number of benzene rings is 1. The number of aromatic amines is 1. The van der Waals surface area contributed by atoms with Crippen LogP contribution in [-0.2, 0) is 6.54 Å². The number of imidazole rings is 1. The van der Waals surface area contributed by atoms with Gasteiger partial charge in [-0.25, -0.2) is 4.98 Å². The van der Waals surface area contributed by atoms with E-state index >= 15 is 0 Å². The Bertz CT molecular complexity index is 451. The Balaban J connectivity index is 1.71. The van der Waals surface area contributed by atoms with Crippen molar-refractivity contribution in [3.8, 4) is 0 Å². The molecule has 0 aliphatic carbocycles. The fourth-order valence-corrected chi connectivity index (χ4v) is 2.17. The van der Waals surface area contributed by atoms with E-state index in [1.165, 1.54) is 0 Å². The fourth-order valence-electron chi connectivity index (χ4n) is 2.17. The third-order valence-corrected chi connectivity index (χ3v) is 3.18. The summed E-state index contributed by atoms with van der Waals surface area (Å²) >= 11 is 0. The topological polar surface area (TPSA) is 44.0 Å². The predicted molar refractivity (Wildman–Crippen MR) is 64.2 cm³/mol. The highest BCUT2D eigenvalue weighted by atomic mass is 15.3. The minimum absolute atomic E-state index is 0.657. The first-order chi connectivity index (χ1) is 7.85. The van der Waals surface area contributed by atoms with Crippen molar-refractivity contribution in [1.82, 2.24) is 20.2 Å². The Morgan fingerprint density at radius 2 is 2.25 bits per heavy atom. The minimum atomic E-state index is 0.657. The molecule has 2 heterocycles. The van der Waals surface area contributed by atoms with E-state index in [1.54, 1.807) is 0 Å². The molecule has 16 heavy (non-hydrogen) atoms. The monoisotopic (exact) mass is 216 g/mol. The molecular formula is C12H16N4. The average Bonchev–Trinajstić information content (AvgIpc) is 2.65. The summed E-state index contributed by atoms with van der Waals surface area (Å²) in [7, 11) is 2.02. The molecule has 0 bridgehead atoms. The summed E-state index contributed by atoms with van der Waals surface area (Å²) in [4.78, 5) is 10.3. The van der Waals surface area contributed by atoms with Crippen molar-refractivity contribution in [3.63, 3.8) is 0 Å². The number of hydrogen-bond donors (Lipinski definition) is 2. The molecule has 1 aliphatic rings. The lowest BCUT2D eigenvalue weighted by atomic mass is 10.1. The summed E-state index contributed by atoms with van der Waals surface area (Å²) in [6, 6.07) is 8.82. The standard InChI is InChI=1S/C12H16N4/c1-13-9-6-16(7-9)8-12-14-10-4-2-3-5-11(10)15-12/h2-5,9,13H,6-8H2,1H3,(H,14,15). The van der Waals surface area contributed by atoms with Crippen LogP contribution in [0.15, 0.2) is 24.3 Å². The molecule has 0 atom stereocenters. The van der Waals surface area contributed by atoms with Gasteiger partial charge in [-0.05, 0) is 19.2 Å². The number of likely N-dealkylation sites (N-methyl/N-ethyl adjacent to an activating group) is 1. The Labute approximate surface area is 94.7 Å². The van der Waals surface area contributed by atoms with Gasteiger partial charge in [0.05, 0.1) is 17.6 Å². The number of rotatable bonds is 3. The molecule has 0 saturated carbocycles. The molecule has 4 nitrogen and oxygen atoms in total. The third kappa shape index (κ3) is 1.70. The number of fused-ring (bicyclic) bond motifs is 1. The molecule has 2 aromatic rings. The largest absolute Gasteiger partial charge is 0.341 e. The molecule has 4 heteroatoms. The molecule has 0 unspecified atom stereocenters. The Morgan fingerprint density at radius 3 is 3.00 bits per heavy atom. The molecule has 0 radical (unpaired) electrons. The number of hydrogen-bond acceptors (Lipinski definition) is 3. The van der Waals surface area contributed by atoms with Crippen molar-refractivity contribution >= 4 is 11.0 Å². The summed E-state index contributed by atoms with van der Waals surface area (Å²) in [5.41, 5.74) is 2.19. The highest BCUT2D eigenvalue weighted by molar-refractivity contribution is 5.74. The first-order valence-electron chi connectivity index (χ1n) is 5.68. The van der Waals surface area contributed by atoms with Gasteiger partial charge >= 0.3 is 0 Å². The van der Waals surface area contributed by atoms with Crippen LogP contribution < -0.4 is 5.32 Å². The van der Waals surface area contributed by atoms with Gasteiger partial charge in [0.2, 0.25) is 0 Å². The van der Waals surface area contributed by atoms with Gasteiger partial charge in [-0.15, -0.1) is 0 Å². The van der Waals surface area contributed by atoms with Crippen LogP contribution in [0.3, 0.4) is 0 Å². The molecule has 1 aromatic heterocycles. The van der Waals surface area contributed by atoms with Gasteiger partial charge in [-0.3, -0.25) is 4.90 Å². The molecule has 0 spiro atoms. The second-order valence-corrected chi connectivity index (χ2v) is 4.38. The number of nitrogens with one attached hydrogen (secondary N) is 2. The van der Waals surface area contributed by atoms with E-state index in [0.717, 1.165) is 36.5 Å². The van der Waals surface area contributed by atoms with Crippen molar-refractivity contribution < 1.29 is 0 Å². The summed E-state index contributed by atoms with van der Waals surface area (Å²) in [5.74, 6) is 1.07. The molecule has 1 fully saturated rings. The molecule has 2 N–H and O–H groups in total. The molecule has 3 rings (SSSR count). The minimum Gasteiger partial charge on any atom is -0.341 e. The lowest BCUT2D eigenvalue weighted by Crippen LogP contribution is -2.56. The predicted octanol–water partition coefficient (Wildman–Crippen LogP) is 0.966. The zero-order valence-electron chi connectivity index (χ0n) is 9.40. The van der Waals surface area contributed by atoms with Crippen molar-refractivity contribution in [2.75, 3.05) is 20.1 Å². The normalized spacial score (nSPS) is 17.8. The maximum absolute atomic E-state index is 4.57. The van der Waals surface area contributed by atoms with E-state index in [2.05, 4.69) is 26.3 Å². The zero-order chi connectivity index (χ0) is 11.0. The van der Waals surface area contributed by atoms with Crippen LogP contribution in [0.5, 0.6) is 0 Å². The van der Waals surface area contributed by atoms with Crippen molar-refractivity contribution in [1.29, 1.82) is 0 Å². The second-order valence-electron chi connectivity index (χ2n) is 4.38. The Hall–Kier alpha value is -1.39. The van der Waals surface area contributed by atoms with E-state index in [1.807, 2.05) is 25.2 Å². The third-order valence-electron chi connectivity index (χ3n) is 3.18. The maximum Gasteiger partial charge on any atom is 0.121 e. The van der Waals surface area contributed by atoms with Crippen LogP contribution in [0.25, 0.3) is 11.0 Å². The van der Waals surface area contributed by atoms with Gasteiger partial charge in [-0.2, -0.15) is 0 Å². The lowest BCUT2D eigenvalue weighted by Gasteiger charge is -2.38. The molecule has 1 saturated heterocycles. The number of H-pyrrole nitrogens is 1. The van der Waals surface area contributed by atoms with Gasteiger partial charge in [0, 0.05) is 19.1 Å². The molecule has 84 valence electrons. The van der Waals surface area contributed by atoms with E-state index in [4.69, 9.17) is 0 Å². The van der Waals surface area contributed by atoms with Crippen molar-refractivity contribution in [2.24, 2.45) is 0 Å². The Morgan fingerprint density at radius 1 is 1.44 bits per heavy atom. The summed E-state index contributed by atoms with van der Waals surface area (Å²) < 4.78 is 0. The Kier molecular flexibility index (Phi) is 2.38. The highest BCUT2D eigenvalue weighted by Crippen LogP contribution is 2.14. The van der Waals surface area contributed by atoms with Crippen LogP contribution in [-0.4, -0.2) is 41.0 Å². The van der Waals surface area contributed by atoms with Gasteiger partial charge in [0.15, 0.2) is 0 Å². The van der Waals surface area contributed by atoms with Gasteiger partial charge in [-0.1, -0.05) is 12.1 Å². The van der Waals surface area contributed by atoms with Gasteiger partial charge < -0.3 is 10.3 Å². The van der Waals surface area contributed by atoms with Crippen molar-refractivity contribution in [3.05, 3.63) is 30.1 Å². The number of aromatic nitrogens is 2.